The summed E-state index contributed by atoms with van der Waals surface area (Å²) in [5.74, 6) is 1.63. The first-order valence-electron chi connectivity index (χ1n) is 7.56. The molecule has 0 amide bonds. The lowest BCUT2D eigenvalue weighted by Gasteiger charge is -2.26. The van der Waals surface area contributed by atoms with Crippen molar-refractivity contribution in [3.05, 3.63) is 29.8 Å². The van der Waals surface area contributed by atoms with Crippen LogP contribution < -0.4 is 4.74 Å². The van der Waals surface area contributed by atoms with Gasteiger partial charge < -0.3 is 9.64 Å². The van der Waals surface area contributed by atoms with Crippen LogP contribution in [0.2, 0.25) is 0 Å². The molecular weight excluding hydrogens is 248 g/mol. The Morgan fingerprint density at radius 3 is 2.75 bits per heavy atom. The molecule has 1 fully saturated rings. The molecule has 0 unspecified atom stereocenters. The number of nitriles is 1. The monoisotopic (exact) mass is 272 g/mol. The second-order valence-electron chi connectivity index (χ2n) is 5.84. The summed E-state index contributed by atoms with van der Waals surface area (Å²) in [4.78, 5) is 2.54. The molecule has 1 aromatic carbocycles. The molecule has 3 nitrogen and oxygen atoms in total. The van der Waals surface area contributed by atoms with Crippen LogP contribution in [0.3, 0.4) is 0 Å². The molecule has 0 bridgehead atoms. The van der Waals surface area contributed by atoms with Crippen molar-refractivity contribution in [2.75, 3.05) is 19.7 Å². The number of para-hydroxylation sites is 1. The van der Waals surface area contributed by atoms with Gasteiger partial charge in [-0.1, -0.05) is 12.1 Å². The van der Waals surface area contributed by atoms with Crippen molar-refractivity contribution in [1.29, 1.82) is 5.26 Å². The molecule has 0 aromatic heterocycles. The molecule has 1 aliphatic rings. The molecule has 0 atom stereocenters. The Bertz CT molecular complexity index is 460. The molecule has 0 aliphatic heterocycles. The number of hydrogen-bond donors (Lipinski definition) is 0. The summed E-state index contributed by atoms with van der Waals surface area (Å²) < 4.78 is 5.73. The van der Waals surface area contributed by atoms with Crippen LogP contribution in [0, 0.1) is 17.2 Å². The highest BCUT2D eigenvalue weighted by Crippen LogP contribution is 2.30. The molecule has 0 radical (unpaired) electrons. The highest BCUT2D eigenvalue weighted by atomic mass is 16.5. The van der Waals surface area contributed by atoms with E-state index in [1.165, 1.54) is 19.4 Å². The molecule has 0 heterocycles. The van der Waals surface area contributed by atoms with Crippen molar-refractivity contribution >= 4 is 0 Å². The van der Waals surface area contributed by atoms with Crippen LogP contribution >= 0.6 is 0 Å². The Morgan fingerprint density at radius 1 is 1.35 bits per heavy atom. The summed E-state index contributed by atoms with van der Waals surface area (Å²) in [6.45, 7) is 7.49. The molecule has 108 valence electrons. The normalized spacial score (nSPS) is 14.6. The predicted octanol–water partition coefficient (Wildman–Crippen LogP) is 3.45. The highest BCUT2D eigenvalue weighted by molar-refractivity contribution is 5.42. The van der Waals surface area contributed by atoms with Gasteiger partial charge in [-0.3, -0.25) is 0 Å². The lowest BCUT2D eigenvalue weighted by Crippen LogP contribution is -2.34. The largest absolute Gasteiger partial charge is 0.492 e. The summed E-state index contributed by atoms with van der Waals surface area (Å²) >= 11 is 0. The van der Waals surface area contributed by atoms with Crippen LogP contribution in [0.4, 0.5) is 0 Å². The first kappa shape index (κ1) is 14.9. The van der Waals surface area contributed by atoms with Crippen LogP contribution in [-0.4, -0.2) is 30.6 Å². The number of hydrogen-bond acceptors (Lipinski definition) is 3. The van der Waals surface area contributed by atoms with Crippen molar-refractivity contribution < 1.29 is 4.74 Å². The van der Waals surface area contributed by atoms with Gasteiger partial charge in [-0.25, -0.2) is 0 Å². The number of benzene rings is 1. The summed E-state index contributed by atoms with van der Waals surface area (Å²) in [7, 11) is 0. The Kier molecular flexibility index (Phi) is 5.43. The van der Waals surface area contributed by atoms with Crippen LogP contribution in [0.1, 0.15) is 38.7 Å². The summed E-state index contributed by atoms with van der Waals surface area (Å²) in [5, 5.41) is 9.00. The van der Waals surface area contributed by atoms with Gasteiger partial charge in [0.15, 0.2) is 0 Å². The van der Waals surface area contributed by atoms with Gasteiger partial charge in [-0.15, -0.1) is 0 Å². The van der Waals surface area contributed by atoms with Gasteiger partial charge in [0.1, 0.15) is 11.8 Å². The Morgan fingerprint density at radius 2 is 2.10 bits per heavy atom. The Labute approximate surface area is 122 Å². The van der Waals surface area contributed by atoms with E-state index in [4.69, 9.17) is 10.00 Å². The Balaban J connectivity index is 1.73. The van der Waals surface area contributed by atoms with Crippen molar-refractivity contribution in [3.8, 4) is 11.8 Å². The zero-order valence-electron chi connectivity index (χ0n) is 12.5. The lowest BCUT2D eigenvalue weighted by atomic mass is 10.2. The van der Waals surface area contributed by atoms with Gasteiger partial charge in [0.2, 0.25) is 0 Å². The maximum Gasteiger partial charge on any atom is 0.137 e. The average molecular weight is 272 g/mol. The fourth-order valence-corrected chi connectivity index (χ4v) is 2.33. The van der Waals surface area contributed by atoms with Gasteiger partial charge in [-0.2, -0.15) is 5.26 Å². The fraction of sp³-hybridized carbons (Fsp3) is 0.588. The van der Waals surface area contributed by atoms with E-state index in [1.54, 1.807) is 6.07 Å². The SMILES string of the molecule is CC(C)N(CCCOc1ccccc1C#N)CC1CC1. The molecule has 2 rings (SSSR count). The average Bonchev–Trinajstić information content (AvgIpc) is 3.26. The molecule has 1 saturated carbocycles. The first-order chi connectivity index (χ1) is 9.70. The van der Waals surface area contributed by atoms with Gasteiger partial charge in [0.05, 0.1) is 12.2 Å². The van der Waals surface area contributed by atoms with Gasteiger partial charge in [0.25, 0.3) is 0 Å². The van der Waals surface area contributed by atoms with E-state index in [9.17, 15) is 0 Å². The van der Waals surface area contributed by atoms with Gasteiger partial charge in [-0.05, 0) is 51.2 Å². The van der Waals surface area contributed by atoms with E-state index < -0.39 is 0 Å². The maximum absolute atomic E-state index is 9.00. The topological polar surface area (TPSA) is 36.3 Å². The van der Waals surface area contributed by atoms with Crippen molar-refractivity contribution in [1.82, 2.24) is 4.90 Å². The van der Waals surface area contributed by atoms with E-state index in [0.717, 1.165) is 18.9 Å². The summed E-state index contributed by atoms with van der Waals surface area (Å²) in [6, 6.07) is 10.2. The van der Waals surface area contributed by atoms with Crippen molar-refractivity contribution in [3.63, 3.8) is 0 Å². The summed E-state index contributed by atoms with van der Waals surface area (Å²) in [5.41, 5.74) is 0.617. The quantitative estimate of drug-likeness (QED) is 0.680. The van der Waals surface area contributed by atoms with Crippen LogP contribution in [-0.2, 0) is 0 Å². The smallest absolute Gasteiger partial charge is 0.137 e. The third kappa shape index (κ3) is 4.54. The van der Waals surface area contributed by atoms with E-state index >= 15 is 0 Å². The molecule has 0 spiro atoms. The van der Waals surface area contributed by atoms with Crippen molar-refractivity contribution in [2.45, 2.75) is 39.2 Å². The molecule has 0 saturated heterocycles. The van der Waals surface area contributed by atoms with Gasteiger partial charge in [0, 0.05) is 19.1 Å². The van der Waals surface area contributed by atoms with Gasteiger partial charge >= 0.3 is 0 Å². The van der Waals surface area contributed by atoms with Crippen molar-refractivity contribution in [2.24, 2.45) is 5.92 Å². The molecule has 3 heteroatoms. The number of ether oxygens (including phenoxy) is 1. The molecule has 20 heavy (non-hydrogen) atoms. The van der Waals surface area contributed by atoms with Crippen LogP contribution in [0.15, 0.2) is 24.3 Å². The minimum atomic E-state index is 0.599. The number of nitrogens with zero attached hydrogens (tertiary/aromatic N) is 2. The standard InChI is InChI=1S/C17H24N2O/c1-14(2)19(13-15-8-9-15)10-5-11-20-17-7-4-3-6-16(17)12-18/h3-4,6-7,14-15H,5,8-11,13H2,1-2H3. The third-order valence-electron chi connectivity index (χ3n) is 3.77. The Hall–Kier alpha value is -1.53. The zero-order chi connectivity index (χ0) is 14.4. The maximum atomic E-state index is 9.00. The predicted molar refractivity (Wildman–Crippen MR) is 80.7 cm³/mol. The summed E-state index contributed by atoms with van der Waals surface area (Å²) in [6.07, 6.45) is 3.80. The van der Waals surface area contributed by atoms with E-state index in [2.05, 4.69) is 24.8 Å². The van der Waals surface area contributed by atoms with Crippen LogP contribution in [0.5, 0.6) is 5.75 Å². The fourth-order valence-electron chi connectivity index (χ4n) is 2.33. The second kappa shape index (κ2) is 7.31. The van der Waals surface area contributed by atoms with E-state index in [0.29, 0.717) is 24.0 Å². The highest BCUT2D eigenvalue weighted by Gasteiger charge is 2.25. The molecule has 1 aliphatic carbocycles. The molecule has 1 aromatic rings. The second-order valence-corrected chi connectivity index (χ2v) is 5.84. The van der Waals surface area contributed by atoms with E-state index in [-0.39, 0.29) is 0 Å². The first-order valence-corrected chi connectivity index (χ1v) is 7.56. The minimum absolute atomic E-state index is 0.599. The number of rotatable bonds is 8. The van der Waals surface area contributed by atoms with E-state index in [1.807, 2.05) is 18.2 Å². The third-order valence-corrected chi connectivity index (χ3v) is 3.77. The zero-order valence-corrected chi connectivity index (χ0v) is 12.5. The lowest BCUT2D eigenvalue weighted by molar-refractivity contribution is 0.191. The van der Waals surface area contributed by atoms with Crippen LogP contribution in [0.25, 0.3) is 0 Å². The molecular formula is C17H24N2O. The minimum Gasteiger partial charge on any atom is -0.492 e. The molecule has 0 N–H and O–H groups in total.